The number of carbonyl (C=O) groups is 1. The van der Waals surface area contributed by atoms with Gasteiger partial charge in [0.15, 0.2) is 0 Å². The minimum Gasteiger partial charge on any atom is -0.497 e. The number of esters is 1. The van der Waals surface area contributed by atoms with Gasteiger partial charge >= 0.3 is 12.1 Å². The zero-order chi connectivity index (χ0) is 33.2. The lowest BCUT2D eigenvalue weighted by atomic mass is 10.0. The number of anilines is 1. The molecule has 1 N–H and O–H groups in total. The number of halogens is 4. The number of benzene rings is 1. The van der Waals surface area contributed by atoms with Crippen LogP contribution >= 0.6 is 0 Å². The highest BCUT2D eigenvalue weighted by molar-refractivity contribution is 5.96. The van der Waals surface area contributed by atoms with Crippen LogP contribution in [0.5, 0.6) is 11.6 Å². The van der Waals surface area contributed by atoms with E-state index >= 15 is 0 Å². The molecule has 1 aromatic carbocycles. The van der Waals surface area contributed by atoms with Crippen LogP contribution in [0.1, 0.15) is 57.0 Å². The molecule has 0 aliphatic carbocycles. The number of carbonyl (C=O) groups excluding carboxylic acids is 1. The Hall–Kier alpha value is -4.61. The summed E-state index contributed by atoms with van der Waals surface area (Å²) < 4.78 is 70.9. The van der Waals surface area contributed by atoms with Crippen molar-refractivity contribution in [3.63, 3.8) is 0 Å². The van der Waals surface area contributed by atoms with Crippen molar-refractivity contribution in [3.8, 4) is 11.6 Å². The zero-order valence-corrected chi connectivity index (χ0v) is 26.3. The quantitative estimate of drug-likeness (QED) is 0.0900. The van der Waals surface area contributed by atoms with Gasteiger partial charge in [-0.05, 0) is 52.3 Å². The van der Waals surface area contributed by atoms with Gasteiger partial charge in [-0.3, -0.25) is 0 Å². The lowest BCUT2D eigenvalue weighted by Gasteiger charge is -2.25. The van der Waals surface area contributed by atoms with Crippen molar-refractivity contribution in [2.45, 2.75) is 47.2 Å². The van der Waals surface area contributed by atoms with Crippen molar-refractivity contribution in [1.82, 2.24) is 9.88 Å². The molecule has 0 radical (unpaired) electrons. The van der Waals surface area contributed by atoms with E-state index in [0.29, 0.717) is 16.8 Å². The van der Waals surface area contributed by atoms with Gasteiger partial charge in [0.05, 0.1) is 26.9 Å². The smallest absolute Gasteiger partial charge is 0.416 e. The summed E-state index contributed by atoms with van der Waals surface area (Å²) in [4.78, 5) is 23.1. The first-order chi connectivity index (χ1) is 20.6. The molecule has 2 rings (SSSR count). The molecular weight excluding hydrogens is 580 g/mol. The van der Waals surface area contributed by atoms with Gasteiger partial charge in [-0.15, -0.1) is 0 Å². The number of ether oxygens (including phenoxy) is 3. The fourth-order valence-corrected chi connectivity index (χ4v) is 4.01. The molecule has 0 atom stereocenters. The van der Waals surface area contributed by atoms with Crippen LogP contribution in [0, 0.1) is 5.82 Å². The summed E-state index contributed by atoms with van der Waals surface area (Å²) >= 11 is 0. The standard InChI is InChI=1S/C32H38F4N4O4/c1-10-11-23(32(34,35)36)13-20(4)40(6)29(39-21(5)38-25-15-24(33)16-26(17-25)42-7)27(12-19(2)3)22-14-28(31(41)44-9)30(43-8)37-18-22/h11-18H,10H2,1-9H3,(H,38,39)/b20-13-,23-11-,29-27-. The highest BCUT2D eigenvalue weighted by atomic mass is 19.4. The zero-order valence-electron chi connectivity index (χ0n) is 26.3. The molecule has 2 aromatic rings. The fourth-order valence-electron chi connectivity index (χ4n) is 4.01. The van der Waals surface area contributed by atoms with E-state index in [1.54, 1.807) is 33.0 Å². The number of allylic oxidation sites excluding steroid dienone is 7. The van der Waals surface area contributed by atoms with E-state index in [4.69, 9.17) is 19.2 Å². The summed E-state index contributed by atoms with van der Waals surface area (Å²) in [6, 6.07) is 5.54. The highest BCUT2D eigenvalue weighted by Gasteiger charge is 2.32. The Morgan fingerprint density at radius 1 is 1.05 bits per heavy atom. The van der Waals surface area contributed by atoms with E-state index in [2.05, 4.69) is 10.3 Å². The first kappa shape index (κ1) is 35.6. The van der Waals surface area contributed by atoms with Crippen molar-refractivity contribution in [1.29, 1.82) is 0 Å². The van der Waals surface area contributed by atoms with Gasteiger partial charge in [0, 0.05) is 47.9 Å². The van der Waals surface area contributed by atoms with E-state index in [-0.39, 0.29) is 41.0 Å². The predicted octanol–water partition coefficient (Wildman–Crippen LogP) is 7.92. The third-order valence-corrected chi connectivity index (χ3v) is 6.10. The van der Waals surface area contributed by atoms with Crippen LogP contribution in [0.2, 0.25) is 0 Å². The maximum Gasteiger partial charge on any atom is 0.416 e. The summed E-state index contributed by atoms with van der Waals surface area (Å²) in [5, 5.41) is 3.01. The van der Waals surface area contributed by atoms with Gasteiger partial charge in [-0.2, -0.15) is 13.2 Å². The molecule has 12 heteroatoms. The van der Waals surface area contributed by atoms with Gasteiger partial charge in [0.25, 0.3) is 0 Å². The van der Waals surface area contributed by atoms with Crippen molar-refractivity contribution in [2.24, 2.45) is 4.99 Å². The first-order valence-corrected chi connectivity index (χ1v) is 13.5. The Morgan fingerprint density at radius 3 is 2.27 bits per heavy atom. The number of nitrogens with one attached hydrogen (secondary N) is 1. The number of nitrogens with zero attached hydrogens (tertiary/aromatic N) is 3. The average Bonchev–Trinajstić information content (AvgIpc) is 2.96. The SMILES string of the molecule is CC/C=C(/C=C(/C)N(C)C(/N=C(\C)Nc1cc(F)cc(OC)c1)=C(/C=C(C)C)c1cnc(OC)c(C(=O)OC)c1)C(F)(F)F. The number of alkyl halides is 3. The number of hydrogen-bond donors (Lipinski definition) is 1. The van der Waals surface area contributed by atoms with Crippen LogP contribution in [0.25, 0.3) is 5.57 Å². The lowest BCUT2D eigenvalue weighted by Crippen LogP contribution is -2.20. The molecule has 238 valence electrons. The summed E-state index contributed by atoms with van der Waals surface area (Å²) in [5.74, 6) is -0.447. The number of hydrogen-bond acceptors (Lipinski definition) is 7. The molecule has 0 unspecified atom stereocenters. The Kier molecular flexibility index (Phi) is 12.7. The summed E-state index contributed by atoms with van der Waals surface area (Å²) in [6.45, 7) is 8.43. The van der Waals surface area contributed by atoms with Gasteiger partial charge < -0.3 is 24.4 Å². The van der Waals surface area contributed by atoms with Gasteiger partial charge in [-0.25, -0.2) is 19.2 Å². The third kappa shape index (κ3) is 9.72. The molecule has 0 bridgehead atoms. The molecule has 8 nitrogen and oxygen atoms in total. The Balaban J connectivity index is 2.93. The summed E-state index contributed by atoms with van der Waals surface area (Å²) in [5.41, 5.74) is 1.44. The van der Waals surface area contributed by atoms with E-state index in [1.165, 1.54) is 57.5 Å². The molecule has 0 aliphatic rings. The minimum atomic E-state index is -4.57. The molecule has 0 saturated carbocycles. The normalized spacial score (nSPS) is 13.2. The maximum atomic E-state index is 14.2. The number of rotatable bonds is 11. The number of methoxy groups -OCH3 is 3. The predicted molar refractivity (Wildman–Crippen MR) is 164 cm³/mol. The van der Waals surface area contributed by atoms with E-state index < -0.39 is 23.5 Å². The second kappa shape index (κ2) is 15.7. The highest BCUT2D eigenvalue weighted by Crippen LogP contribution is 2.32. The summed E-state index contributed by atoms with van der Waals surface area (Å²) in [6.07, 6.45) is 0.961. The van der Waals surface area contributed by atoms with Crippen LogP contribution in [-0.2, 0) is 4.74 Å². The number of aliphatic imine (C=N–C) groups is 1. The summed E-state index contributed by atoms with van der Waals surface area (Å²) in [7, 11) is 5.55. The minimum absolute atomic E-state index is 0.0315. The second-order valence-electron chi connectivity index (χ2n) is 9.84. The fraction of sp³-hybridized carbons (Fsp3) is 0.344. The second-order valence-corrected chi connectivity index (χ2v) is 9.84. The van der Waals surface area contributed by atoms with Crippen LogP contribution in [0.3, 0.4) is 0 Å². The van der Waals surface area contributed by atoms with E-state index in [1.807, 2.05) is 13.8 Å². The van der Waals surface area contributed by atoms with Crippen LogP contribution < -0.4 is 14.8 Å². The van der Waals surface area contributed by atoms with Crippen LogP contribution in [0.15, 0.2) is 76.3 Å². The molecule has 0 saturated heterocycles. The van der Waals surface area contributed by atoms with Gasteiger partial charge in [0.1, 0.15) is 28.8 Å². The van der Waals surface area contributed by atoms with E-state index in [0.717, 1.165) is 17.7 Å². The maximum absolute atomic E-state index is 14.2. The average molecular weight is 619 g/mol. The number of amidine groups is 1. The third-order valence-electron chi connectivity index (χ3n) is 6.10. The molecule has 44 heavy (non-hydrogen) atoms. The molecular formula is C32H38F4N4O4. The topological polar surface area (TPSA) is 85.3 Å². The molecule has 1 heterocycles. The number of aromatic nitrogens is 1. The Bertz CT molecular complexity index is 1500. The van der Waals surface area contributed by atoms with Crippen molar-refractivity contribution in [2.75, 3.05) is 33.7 Å². The molecule has 1 aromatic heterocycles. The Morgan fingerprint density at radius 2 is 1.73 bits per heavy atom. The van der Waals surface area contributed by atoms with Gasteiger partial charge in [0.2, 0.25) is 5.88 Å². The van der Waals surface area contributed by atoms with Crippen LogP contribution in [-0.4, -0.2) is 56.2 Å². The van der Waals surface area contributed by atoms with Crippen LogP contribution in [0.4, 0.5) is 23.2 Å². The molecule has 0 amide bonds. The molecule has 0 spiro atoms. The lowest BCUT2D eigenvalue weighted by molar-refractivity contribution is -0.0885. The Labute approximate surface area is 255 Å². The molecule has 0 aliphatic heterocycles. The number of pyridine rings is 1. The first-order valence-electron chi connectivity index (χ1n) is 13.5. The van der Waals surface area contributed by atoms with Gasteiger partial charge in [-0.1, -0.05) is 24.6 Å². The monoisotopic (exact) mass is 618 g/mol. The van der Waals surface area contributed by atoms with Crippen molar-refractivity contribution in [3.05, 3.63) is 88.3 Å². The molecule has 0 fully saturated rings. The largest absolute Gasteiger partial charge is 0.497 e. The van der Waals surface area contributed by atoms with Crippen molar-refractivity contribution >= 4 is 23.1 Å². The van der Waals surface area contributed by atoms with Crippen molar-refractivity contribution < 1.29 is 36.6 Å². The van der Waals surface area contributed by atoms with E-state index in [9.17, 15) is 22.4 Å².